The summed E-state index contributed by atoms with van der Waals surface area (Å²) in [7, 11) is 0. The van der Waals surface area contributed by atoms with Crippen molar-refractivity contribution in [2.75, 3.05) is 11.9 Å². The molecule has 21 heavy (non-hydrogen) atoms. The van der Waals surface area contributed by atoms with E-state index in [0.29, 0.717) is 13.1 Å². The zero-order valence-electron chi connectivity index (χ0n) is 12.3. The zero-order valence-corrected chi connectivity index (χ0v) is 12.3. The highest BCUT2D eigenvalue weighted by molar-refractivity contribution is 5.89. The molecule has 112 valence electrons. The largest absolute Gasteiger partial charge is 0.444 e. The van der Waals surface area contributed by atoms with Crippen molar-refractivity contribution < 1.29 is 19.1 Å². The van der Waals surface area contributed by atoms with E-state index in [1.165, 1.54) is 0 Å². The monoisotopic (exact) mass is 290 g/mol. The summed E-state index contributed by atoms with van der Waals surface area (Å²) in [6.07, 6.45) is -1.32. The van der Waals surface area contributed by atoms with Crippen LogP contribution >= 0.6 is 0 Å². The first-order valence-corrected chi connectivity index (χ1v) is 6.91. The summed E-state index contributed by atoms with van der Waals surface area (Å²) < 4.78 is 10.7. The number of nitrogens with one attached hydrogen (secondary N) is 1. The Kier molecular flexibility index (Phi) is 3.04. The standard InChI is InChI=1S/C15H18N2O4/c1-15(2,3)21-14(19)17-7-9-5-4-6-10-12(9)11(8-17)20-13(18)16-10/h4-6,11H,7-8H2,1-3H3,(H,16,18). The molecule has 6 nitrogen and oxygen atoms in total. The molecule has 0 saturated heterocycles. The Morgan fingerprint density at radius 1 is 1.43 bits per heavy atom. The Morgan fingerprint density at radius 2 is 2.19 bits per heavy atom. The highest BCUT2D eigenvalue weighted by Crippen LogP contribution is 2.38. The van der Waals surface area contributed by atoms with Crippen LogP contribution in [0.1, 0.15) is 38.0 Å². The molecule has 1 aromatic carbocycles. The summed E-state index contributed by atoms with van der Waals surface area (Å²) in [6, 6.07) is 5.63. The number of carbonyl (C=O) groups excluding carboxylic acids is 2. The molecular formula is C15H18N2O4. The first-order chi connectivity index (χ1) is 9.83. The van der Waals surface area contributed by atoms with Crippen molar-refractivity contribution in [3.63, 3.8) is 0 Å². The van der Waals surface area contributed by atoms with Gasteiger partial charge in [-0.3, -0.25) is 10.2 Å². The van der Waals surface area contributed by atoms with Crippen molar-refractivity contribution in [3.8, 4) is 0 Å². The fourth-order valence-corrected chi connectivity index (χ4v) is 2.63. The Labute approximate surface area is 123 Å². The van der Waals surface area contributed by atoms with Gasteiger partial charge in [0.25, 0.3) is 0 Å². The van der Waals surface area contributed by atoms with E-state index in [0.717, 1.165) is 16.8 Å². The number of rotatable bonds is 0. The fourth-order valence-electron chi connectivity index (χ4n) is 2.63. The van der Waals surface area contributed by atoms with Crippen molar-refractivity contribution in [3.05, 3.63) is 29.3 Å². The van der Waals surface area contributed by atoms with Crippen LogP contribution in [0.5, 0.6) is 0 Å². The van der Waals surface area contributed by atoms with Crippen LogP contribution in [0.15, 0.2) is 18.2 Å². The van der Waals surface area contributed by atoms with Gasteiger partial charge >= 0.3 is 12.2 Å². The van der Waals surface area contributed by atoms with Gasteiger partial charge in [0, 0.05) is 12.1 Å². The number of anilines is 1. The average Bonchev–Trinajstić information content (AvgIpc) is 2.36. The van der Waals surface area contributed by atoms with E-state index in [4.69, 9.17) is 9.47 Å². The van der Waals surface area contributed by atoms with E-state index in [1.54, 1.807) is 4.90 Å². The highest BCUT2D eigenvalue weighted by atomic mass is 16.6. The van der Waals surface area contributed by atoms with Crippen LogP contribution in [-0.2, 0) is 16.0 Å². The predicted octanol–water partition coefficient (Wildman–Crippen LogP) is 3.04. The molecular weight excluding hydrogens is 272 g/mol. The van der Waals surface area contributed by atoms with Crippen molar-refractivity contribution in [1.82, 2.24) is 4.90 Å². The number of ether oxygens (including phenoxy) is 2. The first-order valence-electron chi connectivity index (χ1n) is 6.91. The molecule has 6 heteroatoms. The Balaban J connectivity index is 1.88. The molecule has 1 N–H and O–H groups in total. The van der Waals surface area contributed by atoms with Crippen LogP contribution in [0.3, 0.4) is 0 Å². The smallest absolute Gasteiger partial charge is 0.412 e. The topological polar surface area (TPSA) is 67.9 Å². The molecule has 2 amide bonds. The maximum absolute atomic E-state index is 12.2. The molecule has 0 fully saturated rings. The van der Waals surface area contributed by atoms with Gasteiger partial charge in [-0.05, 0) is 32.4 Å². The van der Waals surface area contributed by atoms with Gasteiger partial charge in [0.15, 0.2) is 0 Å². The molecule has 1 aromatic rings. The number of amides is 2. The third-order valence-electron chi connectivity index (χ3n) is 3.40. The third kappa shape index (κ3) is 2.66. The Morgan fingerprint density at radius 3 is 2.90 bits per heavy atom. The SMILES string of the molecule is CC(C)(C)OC(=O)N1Cc2cccc3c2C(C1)OC(=O)N3. The molecule has 0 radical (unpaired) electrons. The first kappa shape index (κ1) is 13.7. The molecule has 1 atom stereocenters. The minimum atomic E-state index is -0.552. The molecule has 0 spiro atoms. The van der Waals surface area contributed by atoms with Crippen molar-refractivity contribution >= 4 is 17.9 Å². The maximum atomic E-state index is 12.2. The maximum Gasteiger partial charge on any atom is 0.412 e. The molecule has 0 aromatic heterocycles. The number of hydrogen-bond acceptors (Lipinski definition) is 4. The summed E-state index contributed by atoms with van der Waals surface area (Å²) in [6.45, 7) is 6.24. The lowest BCUT2D eigenvalue weighted by Gasteiger charge is -2.38. The van der Waals surface area contributed by atoms with E-state index in [1.807, 2.05) is 39.0 Å². The zero-order chi connectivity index (χ0) is 15.2. The van der Waals surface area contributed by atoms with Crippen LogP contribution in [0, 0.1) is 0 Å². The summed E-state index contributed by atoms with van der Waals surface area (Å²) in [4.78, 5) is 25.4. The molecule has 2 aliphatic heterocycles. The van der Waals surface area contributed by atoms with E-state index in [2.05, 4.69) is 5.32 Å². The van der Waals surface area contributed by atoms with E-state index >= 15 is 0 Å². The van der Waals surface area contributed by atoms with Gasteiger partial charge in [0.05, 0.1) is 12.2 Å². The molecule has 2 aliphatic rings. The second kappa shape index (κ2) is 4.65. The molecule has 0 saturated carbocycles. The second-order valence-corrected chi connectivity index (χ2v) is 6.26. The van der Waals surface area contributed by atoms with E-state index in [-0.39, 0.29) is 0 Å². The van der Waals surface area contributed by atoms with Crippen LogP contribution < -0.4 is 5.32 Å². The fraction of sp³-hybridized carbons (Fsp3) is 0.467. The van der Waals surface area contributed by atoms with Crippen LogP contribution in [0.2, 0.25) is 0 Å². The van der Waals surface area contributed by atoms with Crippen molar-refractivity contribution in [2.45, 2.75) is 39.0 Å². The van der Waals surface area contributed by atoms with E-state index in [9.17, 15) is 9.59 Å². The lowest BCUT2D eigenvalue weighted by Crippen LogP contribution is -2.44. The minimum Gasteiger partial charge on any atom is -0.444 e. The Hall–Kier alpha value is -2.24. The highest BCUT2D eigenvalue weighted by Gasteiger charge is 2.37. The number of hydrogen-bond donors (Lipinski definition) is 1. The van der Waals surface area contributed by atoms with Crippen LogP contribution in [-0.4, -0.2) is 29.2 Å². The summed E-state index contributed by atoms with van der Waals surface area (Å²) in [5.74, 6) is 0. The van der Waals surface area contributed by atoms with Gasteiger partial charge < -0.3 is 9.47 Å². The van der Waals surface area contributed by atoms with Gasteiger partial charge in [-0.2, -0.15) is 0 Å². The number of nitrogens with zero attached hydrogens (tertiary/aromatic N) is 1. The average molecular weight is 290 g/mol. The van der Waals surface area contributed by atoms with Crippen LogP contribution in [0.25, 0.3) is 0 Å². The van der Waals surface area contributed by atoms with Crippen LogP contribution in [0.4, 0.5) is 15.3 Å². The quantitative estimate of drug-likeness (QED) is 0.797. The Bertz CT molecular complexity index is 606. The molecule has 1 unspecified atom stereocenters. The molecule has 2 heterocycles. The lowest BCUT2D eigenvalue weighted by molar-refractivity contribution is 0.00486. The lowest BCUT2D eigenvalue weighted by atomic mass is 9.94. The third-order valence-corrected chi connectivity index (χ3v) is 3.40. The van der Waals surface area contributed by atoms with Gasteiger partial charge in [-0.1, -0.05) is 12.1 Å². The minimum absolute atomic E-state index is 0.312. The van der Waals surface area contributed by atoms with Gasteiger partial charge in [0.2, 0.25) is 0 Å². The van der Waals surface area contributed by atoms with Gasteiger partial charge in [-0.15, -0.1) is 0 Å². The normalized spacial score (nSPS) is 20.2. The van der Waals surface area contributed by atoms with Crippen molar-refractivity contribution in [1.29, 1.82) is 0 Å². The van der Waals surface area contributed by atoms with Gasteiger partial charge in [-0.25, -0.2) is 9.59 Å². The van der Waals surface area contributed by atoms with E-state index < -0.39 is 23.9 Å². The summed E-state index contributed by atoms with van der Waals surface area (Å²) in [5.41, 5.74) is 2.13. The second-order valence-electron chi connectivity index (χ2n) is 6.26. The number of carbonyl (C=O) groups is 2. The summed E-state index contributed by atoms with van der Waals surface area (Å²) in [5, 5.41) is 2.69. The predicted molar refractivity (Wildman–Crippen MR) is 75.9 cm³/mol. The molecule has 0 bridgehead atoms. The van der Waals surface area contributed by atoms with Crippen molar-refractivity contribution in [2.24, 2.45) is 0 Å². The van der Waals surface area contributed by atoms with Gasteiger partial charge in [0.1, 0.15) is 11.7 Å². The summed E-state index contributed by atoms with van der Waals surface area (Å²) >= 11 is 0. The number of benzene rings is 1. The molecule has 3 rings (SSSR count). The molecule has 0 aliphatic carbocycles.